The number of hydrogen-bond acceptors (Lipinski definition) is 9. The first-order chi connectivity index (χ1) is 23.4. The second-order valence-corrected chi connectivity index (χ2v) is 13.0. The molecule has 0 aromatic heterocycles. The SMILES string of the molecule is COc1ccc(CN(Cc2ccc(OC)cc2OC)S(=O)(=O)c2ccc(N(C)C(=O)N(C)[C@@H](C)c3ccccc3)c([N+](=O)[O-])c2)c(OC)c1. The summed E-state index contributed by atoms with van der Waals surface area (Å²) in [4.78, 5) is 27.4. The number of benzene rings is 4. The van der Waals surface area contributed by atoms with E-state index in [1.165, 1.54) is 56.8 Å². The topological polar surface area (TPSA) is 141 Å². The van der Waals surface area contributed by atoms with Crippen molar-refractivity contribution in [3.05, 3.63) is 112 Å². The van der Waals surface area contributed by atoms with E-state index in [9.17, 15) is 23.3 Å². The third-order valence-electron chi connectivity index (χ3n) is 8.28. The number of methoxy groups -OCH3 is 4. The number of nitro benzene ring substituents is 1. The molecule has 49 heavy (non-hydrogen) atoms. The highest BCUT2D eigenvalue weighted by atomic mass is 32.2. The quantitative estimate of drug-likeness (QED) is 0.110. The molecule has 0 N–H and O–H groups in total. The average Bonchev–Trinajstić information content (AvgIpc) is 3.13. The summed E-state index contributed by atoms with van der Waals surface area (Å²) in [7, 11) is 4.51. The third-order valence-corrected chi connectivity index (χ3v) is 10.1. The Morgan fingerprint density at radius 2 is 1.31 bits per heavy atom. The molecule has 0 bridgehead atoms. The summed E-state index contributed by atoms with van der Waals surface area (Å²) in [6.45, 7) is 1.51. The van der Waals surface area contributed by atoms with Crippen LogP contribution in [0.2, 0.25) is 0 Å². The number of carbonyl (C=O) groups excluding carboxylic acids is 1. The van der Waals surface area contributed by atoms with Gasteiger partial charge in [0.25, 0.3) is 5.69 Å². The summed E-state index contributed by atoms with van der Waals surface area (Å²) in [6, 6.07) is 22.0. The van der Waals surface area contributed by atoms with E-state index in [1.54, 1.807) is 43.4 Å². The molecule has 0 unspecified atom stereocenters. The van der Waals surface area contributed by atoms with Gasteiger partial charge in [0, 0.05) is 56.5 Å². The molecule has 0 spiro atoms. The highest BCUT2D eigenvalue weighted by Gasteiger charge is 2.32. The standard InChI is InChI=1S/C35H40N4O9S/c1-24(25-11-9-8-10-12-25)36(2)35(40)37(3)31-18-17-30(21-32(31)39(41)42)49(43,44)38(22-26-13-15-28(45-4)19-33(26)47-6)23-27-14-16-29(46-5)20-34(27)48-7/h8-21,24H,22-23H2,1-7H3/t24-/m0/s1. The second kappa shape index (κ2) is 15.7. The normalized spacial score (nSPS) is 11.8. The summed E-state index contributed by atoms with van der Waals surface area (Å²) < 4.78 is 51.7. The zero-order valence-corrected chi connectivity index (χ0v) is 29.3. The van der Waals surface area contributed by atoms with Gasteiger partial charge in [-0.2, -0.15) is 4.31 Å². The molecular weight excluding hydrogens is 652 g/mol. The van der Waals surface area contributed by atoms with Crippen molar-refractivity contribution in [2.75, 3.05) is 47.4 Å². The number of hydrogen-bond donors (Lipinski definition) is 0. The number of nitro groups is 1. The molecule has 1 atom stereocenters. The Labute approximate surface area is 286 Å². The minimum atomic E-state index is -4.42. The maximum Gasteiger partial charge on any atom is 0.324 e. The van der Waals surface area contributed by atoms with Crippen molar-refractivity contribution in [3.63, 3.8) is 0 Å². The molecule has 4 rings (SSSR count). The van der Waals surface area contributed by atoms with Crippen molar-refractivity contribution < 1.29 is 37.1 Å². The Morgan fingerprint density at radius 1 is 0.776 bits per heavy atom. The van der Waals surface area contributed by atoms with Gasteiger partial charge >= 0.3 is 6.03 Å². The van der Waals surface area contributed by atoms with Crippen molar-refractivity contribution in [2.45, 2.75) is 31.0 Å². The van der Waals surface area contributed by atoms with Gasteiger partial charge in [0.15, 0.2) is 0 Å². The van der Waals surface area contributed by atoms with Gasteiger partial charge in [-0.3, -0.25) is 15.0 Å². The lowest BCUT2D eigenvalue weighted by Crippen LogP contribution is -2.40. The molecule has 0 aliphatic heterocycles. The van der Waals surface area contributed by atoms with Crippen LogP contribution in [0, 0.1) is 10.1 Å². The summed E-state index contributed by atoms with van der Waals surface area (Å²) >= 11 is 0. The fourth-order valence-electron chi connectivity index (χ4n) is 5.27. The zero-order valence-electron chi connectivity index (χ0n) is 28.4. The maximum absolute atomic E-state index is 14.4. The Kier molecular flexibility index (Phi) is 11.7. The van der Waals surface area contributed by atoms with E-state index in [1.807, 2.05) is 37.3 Å². The van der Waals surface area contributed by atoms with Crippen molar-refractivity contribution >= 4 is 27.4 Å². The highest BCUT2D eigenvalue weighted by Crippen LogP contribution is 2.36. The van der Waals surface area contributed by atoms with E-state index < -0.39 is 26.7 Å². The number of amides is 2. The van der Waals surface area contributed by atoms with Crippen LogP contribution in [0.1, 0.15) is 29.7 Å². The van der Waals surface area contributed by atoms with Gasteiger partial charge in [0.05, 0.1) is 44.3 Å². The van der Waals surface area contributed by atoms with Crippen LogP contribution >= 0.6 is 0 Å². The summed E-state index contributed by atoms with van der Waals surface area (Å²) in [6.07, 6.45) is 0. The molecule has 260 valence electrons. The maximum atomic E-state index is 14.4. The predicted molar refractivity (Wildman–Crippen MR) is 185 cm³/mol. The first-order valence-electron chi connectivity index (χ1n) is 15.1. The average molecular weight is 693 g/mol. The molecule has 0 aliphatic rings. The van der Waals surface area contributed by atoms with E-state index in [-0.39, 0.29) is 29.7 Å². The Bertz CT molecular complexity index is 1850. The lowest BCUT2D eigenvalue weighted by molar-refractivity contribution is -0.384. The Morgan fingerprint density at radius 3 is 1.78 bits per heavy atom. The lowest BCUT2D eigenvalue weighted by atomic mass is 10.1. The second-order valence-electron chi connectivity index (χ2n) is 11.1. The van der Waals surface area contributed by atoms with Gasteiger partial charge in [-0.15, -0.1) is 0 Å². The molecule has 0 aliphatic carbocycles. The molecular formula is C35H40N4O9S. The van der Waals surface area contributed by atoms with Gasteiger partial charge in [-0.25, -0.2) is 13.2 Å². The number of ether oxygens (including phenoxy) is 4. The van der Waals surface area contributed by atoms with Crippen LogP contribution in [-0.4, -0.2) is 71.1 Å². The van der Waals surface area contributed by atoms with Crippen molar-refractivity contribution in [1.29, 1.82) is 0 Å². The summed E-state index contributed by atoms with van der Waals surface area (Å²) in [5.74, 6) is 1.80. The first-order valence-corrected chi connectivity index (χ1v) is 16.6. The molecule has 2 amide bonds. The summed E-state index contributed by atoms with van der Waals surface area (Å²) in [5.41, 5.74) is 1.30. The number of urea groups is 1. The van der Waals surface area contributed by atoms with E-state index in [2.05, 4.69) is 0 Å². The molecule has 13 nitrogen and oxygen atoms in total. The highest BCUT2D eigenvalue weighted by molar-refractivity contribution is 7.89. The largest absolute Gasteiger partial charge is 0.497 e. The number of sulfonamides is 1. The first kappa shape index (κ1) is 36.5. The van der Waals surface area contributed by atoms with Gasteiger partial charge in [-0.05, 0) is 36.8 Å². The van der Waals surface area contributed by atoms with Crippen molar-refractivity contribution in [2.24, 2.45) is 0 Å². The van der Waals surface area contributed by atoms with E-state index in [4.69, 9.17) is 18.9 Å². The van der Waals surface area contributed by atoms with E-state index >= 15 is 0 Å². The Balaban J connectivity index is 1.76. The molecule has 0 saturated heterocycles. The van der Waals surface area contributed by atoms with Crippen LogP contribution in [0.4, 0.5) is 16.2 Å². The molecule has 0 saturated carbocycles. The van der Waals surface area contributed by atoms with Crippen LogP contribution < -0.4 is 23.8 Å². The van der Waals surface area contributed by atoms with E-state index in [0.29, 0.717) is 34.1 Å². The molecule has 4 aromatic rings. The van der Waals surface area contributed by atoms with Gasteiger partial charge in [0.1, 0.15) is 28.7 Å². The van der Waals surface area contributed by atoms with Crippen LogP contribution in [0.3, 0.4) is 0 Å². The zero-order chi connectivity index (χ0) is 35.9. The van der Waals surface area contributed by atoms with Crippen LogP contribution in [0.25, 0.3) is 0 Å². The number of rotatable bonds is 14. The molecule has 14 heteroatoms. The predicted octanol–water partition coefficient (Wildman–Crippen LogP) is 6.27. The number of anilines is 1. The van der Waals surface area contributed by atoms with Gasteiger partial charge in [-0.1, -0.05) is 42.5 Å². The van der Waals surface area contributed by atoms with Gasteiger partial charge in [0.2, 0.25) is 10.0 Å². The minimum Gasteiger partial charge on any atom is -0.497 e. The van der Waals surface area contributed by atoms with Crippen molar-refractivity contribution in [1.82, 2.24) is 9.21 Å². The van der Waals surface area contributed by atoms with Crippen LogP contribution in [0.15, 0.2) is 89.8 Å². The number of nitrogens with zero attached hydrogens (tertiary/aromatic N) is 4. The fraction of sp³-hybridized carbons (Fsp3) is 0.286. The molecule has 4 aromatic carbocycles. The van der Waals surface area contributed by atoms with Crippen molar-refractivity contribution in [3.8, 4) is 23.0 Å². The van der Waals surface area contributed by atoms with E-state index in [0.717, 1.165) is 16.5 Å². The van der Waals surface area contributed by atoms with Crippen LogP contribution in [-0.2, 0) is 23.1 Å². The number of carbonyl (C=O) groups is 1. The molecule has 0 fully saturated rings. The van der Waals surface area contributed by atoms with Crippen LogP contribution in [0.5, 0.6) is 23.0 Å². The molecule has 0 radical (unpaired) electrons. The fourth-order valence-corrected chi connectivity index (χ4v) is 6.69. The molecule has 0 heterocycles. The van der Waals surface area contributed by atoms with Gasteiger partial charge < -0.3 is 23.8 Å². The monoisotopic (exact) mass is 692 g/mol. The lowest BCUT2D eigenvalue weighted by Gasteiger charge is -2.30. The smallest absolute Gasteiger partial charge is 0.324 e. The minimum absolute atomic E-state index is 0.0683. The summed E-state index contributed by atoms with van der Waals surface area (Å²) in [5, 5.41) is 12.4. The Hall–Kier alpha value is -5.34. The third kappa shape index (κ3) is 8.04.